The van der Waals surface area contributed by atoms with Gasteiger partial charge in [0.05, 0.1) is 21.7 Å². The Labute approximate surface area is 222 Å². The minimum absolute atomic E-state index is 0.127. The normalized spacial score (nSPS) is 14.4. The molecule has 1 fully saturated rings. The predicted octanol–water partition coefficient (Wildman–Crippen LogP) is 5.45. The van der Waals surface area contributed by atoms with Gasteiger partial charge >= 0.3 is 6.03 Å². The maximum absolute atomic E-state index is 12.3. The van der Waals surface area contributed by atoms with Crippen molar-refractivity contribution in [3.63, 3.8) is 0 Å². The van der Waals surface area contributed by atoms with Gasteiger partial charge in [-0.15, -0.1) is 0 Å². The molecule has 0 atom stereocenters. The van der Waals surface area contributed by atoms with Crippen molar-refractivity contribution in [3.8, 4) is 6.07 Å². The second-order valence-corrected chi connectivity index (χ2v) is 9.58. The molecule has 9 heteroatoms. The Balaban J connectivity index is 1.23. The van der Waals surface area contributed by atoms with Crippen LogP contribution in [-0.4, -0.2) is 49.1 Å². The first-order valence-corrected chi connectivity index (χ1v) is 12.9. The number of likely N-dealkylation sites (tertiary alicyclic amines) is 1. The summed E-state index contributed by atoms with van der Waals surface area (Å²) in [6.07, 6.45) is 8.08. The van der Waals surface area contributed by atoms with Gasteiger partial charge in [0, 0.05) is 37.4 Å². The number of hydrogen-bond donors (Lipinski definition) is 3. The van der Waals surface area contributed by atoms with Crippen molar-refractivity contribution in [1.82, 2.24) is 15.5 Å². The Hall–Kier alpha value is -3.05. The van der Waals surface area contributed by atoms with Crippen molar-refractivity contribution >= 4 is 46.9 Å². The molecule has 1 aliphatic rings. The smallest absolute Gasteiger partial charge is 0.319 e. The monoisotopic (exact) mass is 527 g/mol. The zero-order valence-corrected chi connectivity index (χ0v) is 21.6. The summed E-state index contributed by atoms with van der Waals surface area (Å²) in [6, 6.07) is 14.1. The Kier molecular flexibility index (Phi) is 11.1. The number of nitrogens with zero attached hydrogens (tertiary/aromatic N) is 2. The fourth-order valence-corrected chi connectivity index (χ4v) is 4.32. The highest BCUT2D eigenvalue weighted by molar-refractivity contribution is 6.42. The van der Waals surface area contributed by atoms with E-state index < -0.39 is 0 Å². The molecule has 3 N–H and O–H groups in total. The van der Waals surface area contributed by atoms with Crippen molar-refractivity contribution in [2.45, 2.75) is 38.1 Å². The molecule has 0 aromatic heterocycles. The number of unbranched alkanes of at least 4 members (excludes halogenated alkanes) is 2. The number of halogens is 2. The zero-order valence-electron chi connectivity index (χ0n) is 20.1. The number of piperidine rings is 1. The van der Waals surface area contributed by atoms with Gasteiger partial charge in [0.1, 0.15) is 0 Å². The van der Waals surface area contributed by atoms with Crippen LogP contribution in [0.4, 0.5) is 10.5 Å². The fraction of sp³-hybridized carbons (Fsp3) is 0.370. The summed E-state index contributed by atoms with van der Waals surface area (Å²) in [7, 11) is 0. The predicted molar refractivity (Wildman–Crippen MR) is 145 cm³/mol. The molecule has 0 aliphatic carbocycles. The van der Waals surface area contributed by atoms with Gasteiger partial charge in [0.15, 0.2) is 0 Å². The van der Waals surface area contributed by atoms with Crippen LogP contribution in [0, 0.1) is 11.3 Å². The molecule has 1 heterocycles. The average Bonchev–Trinajstić information content (AvgIpc) is 2.87. The van der Waals surface area contributed by atoms with Crippen molar-refractivity contribution in [3.05, 3.63) is 69.7 Å². The topological polar surface area (TPSA) is 97.3 Å². The highest BCUT2D eigenvalue weighted by atomic mass is 35.5. The van der Waals surface area contributed by atoms with Gasteiger partial charge in [-0.2, -0.15) is 5.26 Å². The van der Waals surface area contributed by atoms with E-state index in [9.17, 15) is 9.59 Å². The van der Waals surface area contributed by atoms with Crippen LogP contribution in [-0.2, 0) is 4.79 Å². The van der Waals surface area contributed by atoms with E-state index in [4.69, 9.17) is 28.5 Å². The molecule has 0 spiro atoms. The maximum Gasteiger partial charge on any atom is 0.319 e. The SMILES string of the molecule is N#Cc1cccc(NC(=O)NC2CCN(CCCCCNC(=O)/C=C/c3ccc(Cl)c(Cl)c3)CC2)c1. The molecule has 1 saturated heterocycles. The lowest BCUT2D eigenvalue weighted by Gasteiger charge is -2.32. The van der Waals surface area contributed by atoms with Gasteiger partial charge < -0.3 is 20.9 Å². The Morgan fingerprint density at radius 2 is 1.86 bits per heavy atom. The Bertz CT molecular complexity index is 1110. The van der Waals surface area contributed by atoms with Crippen molar-refractivity contribution in [2.75, 3.05) is 31.5 Å². The summed E-state index contributed by atoms with van der Waals surface area (Å²) in [5.74, 6) is -0.127. The second-order valence-electron chi connectivity index (χ2n) is 8.77. The minimum atomic E-state index is -0.239. The van der Waals surface area contributed by atoms with Gasteiger partial charge in [-0.05, 0) is 74.2 Å². The first-order valence-electron chi connectivity index (χ1n) is 12.1. The standard InChI is InChI=1S/C27H31Cl2N5O2/c28-24-9-7-20(18-25(24)29)8-10-26(35)31-13-2-1-3-14-34-15-11-22(12-16-34)32-27(36)33-23-6-4-5-21(17-23)19-30/h4-10,17-18,22H,1-3,11-16H2,(H,31,35)(H2,32,33,36)/b10-8+. The van der Waals surface area contributed by atoms with Crippen LogP contribution in [0.5, 0.6) is 0 Å². The van der Waals surface area contributed by atoms with E-state index >= 15 is 0 Å². The number of nitrogens with one attached hydrogen (secondary N) is 3. The molecule has 36 heavy (non-hydrogen) atoms. The molecular formula is C27H31Cl2N5O2. The number of amides is 3. The van der Waals surface area contributed by atoms with Crippen LogP contribution >= 0.6 is 23.2 Å². The van der Waals surface area contributed by atoms with Crippen LogP contribution in [0.25, 0.3) is 6.08 Å². The van der Waals surface area contributed by atoms with Crippen molar-refractivity contribution < 1.29 is 9.59 Å². The molecule has 0 bridgehead atoms. The van der Waals surface area contributed by atoms with E-state index in [1.165, 1.54) is 6.08 Å². The summed E-state index contributed by atoms with van der Waals surface area (Å²) in [6.45, 7) is 3.56. The third-order valence-corrected chi connectivity index (χ3v) is 6.73. The van der Waals surface area contributed by atoms with Crippen LogP contribution in [0.1, 0.15) is 43.2 Å². The van der Waals surface area contributed by atoms with Crippen molar-refractivity contribution in [2.24, 2.45) is 0 Å². The number of benzene rings is 2. The molecule has 0 unspecified atom stereocenters. The summed E-state index contributed by atoms with van der Waals surface area (Å²) < 4.78 is 0. The lowest BCUT2D eigenvalue weighted by molar-refractivity contribution is -0.116. The van der Waals surface area contributed by atoms with E-state index in [1.54, 1.807) is 42.5 Å². The van der Waals surface area contributed by atoms with Gasteiger partial charge in [0.25, 0.3) is 0 Å². The van der Waals surface area contributed by atoms with Crippen LogP contribution in [0.2, 0.25) is 10.0 Å². The second kappa shape index (κ2) is 14.5. The number of carbonyl (C=O) groups excluding carboxylic acids is 2. The molecule has 3 rings (SSSR count). The zero-order chi connectivity index (χ0) is 25.8. The number of hydrogen-bond acceptors (Lipinski definition) is 4. The average molecular weight is 528 g/mol. The molecule has 7 nitrogen and oxygen atoms in total. The Morgan fingerprint density at radius 3 is 2.61 bits per heavy atom. The molecule has 3 amide bonds. The van der Waals surface area contributed by atoms with E-state index in [1.807, 2.05) is 6.07 Å². The minimum Gasteiger partial charge on any atom is -0.353 e. The molecule has 2 aromatic carbocycles. The van der Waals surface area contributed by atoms with Crippen molar-refractivity contribution in [1.29, 1.82) is 5.26 Å². The first-order chi connectivity index (χ1) is 17.4. The summed E-state index contributed by atoms with van der Waals surface area (Å²) in [5, 5.41) is 18.7. The van der Waals surface area contributed by atoms with E-state index in [0.717, 1.165) is 57.3 Å². The summed E-state index contributed by atoms with van der Waals surface area (Å²) in [5.41, 5.74) is 1.95. The van der Waals surface area contributed by atoms with E-state index in [0.29, 0.717) is 27.8 Å². The molecule has 2 aromatic rings. The van der Waals surface area contributed by atoms with E-state index in [2.05, 4.69) is 26.9 Å². The molecule has 0 radical (unpaired) electrons. The van der Waals surface area contributed by atoms with Gasteiger partial charge in [-0.25, -0.2) is 4.79 Å². The van der Waals surface area contributed by atoms with Crippen LogP contribution in [0.3, 0.4) is 0 Å². The highest BCUT2D eigenvalue weighted by Gasteiger charge is 2.20. The summed E-state index contributed by atoms with van der Waals surface area (Å²) >= 11 is 11.9. The largest absolute Gasteiger partial charge is 0.353 e. The fourth-order valence-electron chi connectivity index (χ4n) is 4.02. The van der Waals surface area contributed by atoms with Gasteiger partial charge in [0.2, 0.25) is 5.91 Å². The summed E-state index contributed by atoms with van der Waals surface area (Å²) in [4.78, 5) is 26.7. The Morgan fingerprint density at radius 1 is 1.06 bits per heavy atom. The third-order valence-electron chi connectivity index (χ3n) is 5.99. The molecule has 190 valence electrons. The number of nitriles is 1. The third kappa shape index (κ3) is 9.54. The van der Waals surface area contributed by atoms with Gasteiger partial charge in [-0.1, -0.05) is 41.8 Å². The molecular weight excluding hydrogens is 497 g/mol. The van der Waals surface area contributed by atoms with Crippen LogP contribution in [0.15, 0.2) is 48.5 Å². The first kappa shape index (κ1) is 27.5. The molecule has 1 aliphatic heterocycles. The number of rotatable bonds is 10. The maximum atomic E-state index is 12.3. The quantitative estimate of drug-likeness (QED) is 0.282. The number of anilines is 1. The van der Waals surface area contributed by atoms with Crippen LogP contribution < -0.4 is 16.0 Å². The molecule has 0 saturated carbocycles. The van der Waals surface area contributed by atoms with E-state index in [-0.39, 0.29) is 18.0 Å². The number of carbonyl (C=O) groups is 2. The number of urea groups is 1. The lowest BCUT2D eigenvalue weighted by Crippen LogP contribution is -2.46. The highest BCUT2D eigenvalue weighted by Crippen LogP contribution is 2.23. The van der Waals surface area contributed by atoms with Gasteiger partial charge in [-0.3, -0.25) is 4.79 Å². The lowest BCUT2D eigenvalue weighted by atomic mass is 10.0.